The Balaban J connectivity index is 2.34. The van der Waals surface area contributed by atoms with E-state index >= 15 is 0 Å². The monoisotopic (exact) mass is 234 g/mol. The van der Waals surface area contributed by atoms with Gasteiger partial charge in [0.15, 0.2) is 0 Å². The third kappa shape index (κ3) is 2.31. The zero-order valence-electron chi connectivity index (χ0n) is 8.85. The van der Waals surface area contributed by atoms with E-state index < -0.39 is 0 Å². The Morgan fingerprint density at radius 3 is 2.69 bits per heavy atom. The van der Waals surface area contributed by atoms with Gasteiger partial charge in [-0.1, -0.05) is 12.1 Å². The van der Waals surface area contributed by atoms with E-state index in [4.69, 9.17) is 16.3 Å². The fourth-order valence-electron chi connectivity index (χ4n) is 1.33. The largest absolute Gasteiger partial charge is 0.481 e. The quantitative estimate of drug-likeness (QED) is 0.766. The van der Waals surface area contributed by atoms with Crippen LogP contribution in [0.2, 0.25) is 0 Å². The number of rotatable bonds is 3. The first-order chi connectivity index (χ1) is 7.83. The molecule has 0 atom stereocenters. The molecule has 0 fully saturated rings. The van der Waals surface area contributed by atoms with E-state index in [-0.39, 0.29) is 0 Å². The van der Waals surface area contributed by atoms with Gasteiger partial charge >= 0.3 is 0 Å². The molecule has 82 valence electrons. The lowest BCUT2D eigenvalue weighted by atomic mass is 10.2. The number of halogens is 1. The molecule has 4 heteroatoms. The molecular formula is C12H11ClN2O. The Bertz CT molecular complexity index is 471. The summed E-state index contributed by atoms with van der Waals surface area (Å²) in [4.78, 5) is 8.59. The van der Waals surface area contributed by atoms with Crippen molar-refractivity contribution in [3.63, 3.8) is 0 Å². The highest BCUT2D eigenvalue weighted by Gasteiger charge is 2.02. The van der Waals surface area contributed by atoms with Crippen molar-refractivity contribution in [3.8, 4) is 17.3 Å². The molecule has 0 unspecified atom stereocenters. The highest BCUT2D eigenvalue weighted by Crippen LogP contribution is 2.17. The van der Waals surface area contributed by atoms with Crippen LogP contribution >= 0.6 is 11.6 Å². The summed E-state index contributed by atoms with van der Waals surface area (Å²) in [5.74, 6) is 1.06. The van der Waals surface area contributed by atoms with Gasteiger partial charge in [0.25, 0.3) is 0 Å². The Morgan fingerprint density at radius 1 is 1.19 bits per heavy atom. The molecule has 0 aromatic carbocycles. The molecule has 0 aliphatic carbocycles. The summed E-state index contributed by atoms with van der Waals surface area (Å²) in [5, 5.41) is 0. The van der Waals surface area contributed by atoms with E-state index in [1.165, 1.54) is 0 Å². The Hall–Kier alpha value is -1.61. The molecule has 2 rings (SSSR count). The molecule has 0 saturated heterocycles. The lowest BCUT2D eigenvalue weighted by molar-refractivity contribution is 0.398. The fourth-order valence-corrected chi connectivity index (χ4v) is 1.48. The SMILES string of the molecule is COc1cccc(-c2ccc(CCl)cn2)n1. The molecule has 2 aromatic heterocycles. The van der Waals surface area contributed by atoms with E-state index in [2.05, 4.69) is 9.97 Å². The average Bonchev–Trinajstić information content (AvgIpc) is 2.39. The number of methoxy groups -OCH3 is 1. The summed E-state index contributed by atoms with van der Waals surface area (Å²) < 4.78 is 5.06. The van der Waals surface area contributed by atoms with Gasteiger partial charge in [0.05, 0.1) is 18.5 Å². The lowest BCUT2D eigenvalue weighted by Crippen LogP contribution is -1.91. The van der Waals surface area contributed by atoms with E-state index in [9.17, 15) is 0 Å². The second-order valence-electron chi connectivity index (χ2n) is 3.25. The standard InChI is InChI=1S/C12H11ClN2O/c1-16-12-4-2-3-11(15-12)10-6-5-9(7-13)8-14-10/h2-6,8H,7H2,1H3. The number of pyridine rings is 2. The summed E-state index contributed by atoms with van der Waals surface area (Å²) in [7, 11) is 1.59. The van der Waals surface area contributed by atoms with Crippen LogP contribution in [0.25, 0.3) is 11.4 Å². The van der Waals surface area contributed by atoms with Gasteiger partial charge in [0, 0.05) is 18.1 Å². The predicted molar refractivity (Wildman–Crippen MR) is 63.6 cm³/mol. The number of hydrogen-bond acceptors (Lipinski definition) is 3. The van der Waals surface area contributed by atoms with Gasteiger partial charge in [0.1, 0.15) is 0 Å². The number of aromatic nitrogens is 2. The van der Waals surface area contributed by atoms with Crippen LogP contribution in [0.3, 0.4) is 0 Å². The van der Waals surface area contributed by atoms with E-state index in [1.54, 1.807) is 19.4 Å². The minimum atomic E-state index is 0.471. The molecule has 0 aliphatic heterocycles. The number of alkyl halides is 1. The molecule has 3 nitrogen and oxygen atoms in total. The minimum absolute atomic E-state index is 0.471. The Labute approximate surface area is 99.1 Å². The molecule has 0 bridgehead atoms. The van der Waals surface area contributed by atoms with Crippen LogP contribution in [-0.2, 0) is 5.88 Å². The fraction of sp³-hybridized carbons (Fsp3) is 0.167. The summed E-state index contributed by atoms with van der Waals surface area (Å²) >= 11 is 5.70. The molecule has 2 heterocycles. The van der Waals surface area contributed by atoms with Gasteiger partial charge < -0.3 is 4.74 Å². The average molecular weight is 235 g/mol. The number of nitrogens with zero attached hydrogens (tertiary/aromatic N) is 2. The molecule has 0 spiro atoms. The normalized spacial score (nSPS) is 10.1. The molecule has 0 radical (unpaired) electrons. The van der Waals surface area contributed by atoms with E-state index in [0.29, 0.717) is 11.8 Å². The first-order valence-electron chi connectivity index (χ1n) is 4.86. The van der Waals surface area contributed by atoms with Crippen molar-refractivity contribution in [2.75, 3.05) is 7.11 Å². The van der Waals surface area contributed by atoms with E-state index in [0.717, 1.165) is 17.0 Å². The van der Waals surface area contributed by atoms with E-state index in [1.807, 2.05) is 24.3 Å². The molecule has 16 heavy (non-hydrogen) atoms. The van der Waals surface area contributed by atoms with Crippen molar-refractivity contribution < 1.29 is 4.74 Å². The second-order valence-corrected chi connectivity index (χ2v) is 3.52. The van der Waals surface area contributed by atoms with Crippen molar-refractivity contribution in [2.24, 2.45) is 0 Å². The van der Waals surface area contributed by atoms with Crippen LogP contribution in [-0.4, -0.2) is 17.1 Å². The third-order valence-corrected chi connectivity index (χ3v) is 2.48. The van der Waals surface area contributed by atoms with Crippen LogP contribution in [0.4, 0.5) is 0 Å². The van der Waals surface area contributed by atoms with Crippen molar-refractivity contribution in [1.82, 2.24) is 9.97 Å². The topological polar surface area (TPSA) is 35.0 Å². The molecule has 0 amide bonds. The van der Waals surface area contributed by atoms with Gasteiger partial charge in [-0.2, -0.15) is 0 Å². The minimum Gasteiger partial charge on any atom is -0.481 e. The molecular weight excluding hydrogens is 224 g/mol. The molecule has 2 aromatic rings. The van der Waals surface area contributed by atoms with Gasteiger partial charge in [-0.25, -0.2) is 4.98 Å². The summed E-state index contributed by atoms with van der Waals surface area (Å²) in [6.45, 7) is 0. The summed E-state index contributed by atoms with van der Waals surface area (Å²) in [5.41, 5.74) is 2.60. The summed E-state index contributed by atoms with van der Waals surface area (Å²) in [6.07, 6.45) is 1.75. The predicted octanol–water partition coefficient (Wildman–Crippen LogP) is 2.89. The van der Waals surface area contributed by atoms with Gasteiger partial charge in [-0.05, 0) is 17.7 Å². The van der Waals surface area contributed by atoms with Crippen molar-refractivity contribution in [1.29, 1.82) is 0 Å². The maximum absolute atomic E-state index is 5.70. The van der Waals surface area contributed by atoms with Crippen LogP contribution in [0, 0.1) is 0 Å². The zero-order valence-corrected chi connectivity index (χ0v) is 9.61. The van der Waals surface area contributed by atoms with Gasteiger partial charge in [0.2, 0.25) is 5.88 Å². The maximum Gasteiger partial charge on any atom is 0.213 e. The third-order valence-electron chi connectivity index (χ3n) is 2.17. The van der Waals surface area contributed by atoms with Crippen LogP contribution in [0.1, 0.15) is 5.56 Å². The molecule has 0 saturated carbocycles. The first-order valence-corrected chi connectivity index (χ1v) is 5.39. The van der Waals surface area contributed by atoms with Crippen molar-refractivity contribution in [2.45, 2.75) is 5.88 Å². The van der Waals surface area contributed by atoms with Crippen LogP contribution in [0.5, 0.6) is 5.88 Å². The van der Waals surface area contributed by atoms with Crippen LogP contribution < -0.4 is 4.74 Å². The molecule has 0 N–H and O–H groups in total. The summed E-state index contributed by atoms with van der Waals surface area (Å²) in [6, 6.07) is 9.43. The number of ether oxygens (including phenoxy) is 1. The van der Waals surface area contributed by atoms with Crippen LogP contribution in [0.15, 0.2) is 36.5 Å². The first kappa shape index (κ1) is 10.9. The molecule has 0 aliphatic rings. The zero-order chi connectivity index (χ0) is 11.4. The van der Waals surface area contributed by atoms with Crippen molar-refractivity contribution >= 4 is 11.6 Å². The van der Waals surface area contributed by atoms with Gasteiger partial charge in [-0.15, -0.1) is 11.6 Å². The highest BCUT2D eigenvalue weighted by molar-refractivity contribution is 6.17. The van der Waals surface area contributed by atoms with Crippen molar-refractivity contribution in [3.05, 3.63) is 42.1 Å². The lowest BCUT2D eigenvalue weighted by Gasteiger charge is -2.03. The Kier molecular flexibility index (Phi) is 3.37. The maximum atomic E-state index is 5.70. The second kappa shape index (κ2) is 4.94. The van der Waals surface area contributed by atoms with Gasteiger partial charge in [-0.3, -0.25) is 4.98 Å². The number of hydrogen-bond donors (Lipinski definition) is 0. The smallest absolute Gasteiger partial charge is 0.213 e. The highest BCUT2D eigenvalue weighted by atomic mass is 35.5. The Morgan fingerprint density at radius 2 is 2.06 bits per heavy atom.